The molecule has 0 bridgehead atoms. The summed E-state index contributed by atoms with van der Waals surface area (Å²) in [5.41, 5.74) is 14.3. The van der Waals surface area contributed by atoms with Gasteiger partial charge in [-0.25, -0.2) is 0 Å². The third-order valence-electron chi connectivity index (χ3n) is 3.46. The molecule has 0 saturated heterocycles. The van der Waals surface area contributed by atoms with Crippen LogP contribution in [0, 0.1) is 5.92 Å². The smallest absolute Gasteiger partial charge is 0.240 e. The van der Waals surface area contributed by atoms with Crippen LogP contribution in [0.25, 0.3) is 0 Å². The summed E-state index contributed by atoms with van der Waals surface area (Å²) in [4.78, 5) is 22.8. The lowest BCUT2D eigenvalue weighted by atomic mass is 9.99. The van der Waals surface area contributed by atoms with Crippen molar-refractivity contribution in [2.24, 2.45) is 11.7 Å². The van der Waals surface area contributed by atoms with Gasteiger partial charge < -0.3 is 22.1 Å². The topological polar surface area (TPSA) is 110 Å². The minimum atomic E-state index is -0.478. The number of carbonyl (C=O) groups is 2. The summed E-state index contributed by atoms with van der Waals surface area (Å²) in [6, 6.07) is 3.11. The zero-order chi connectivity index (χ0) is 14.9. The number of fused-ring (bicyclic) bond motifs is 1. The lowest BCUT2D eigenvalue weighted by Crippen LogP contribution is -2.39. The van der Waals surface area contributed by atoms with Crippen LogP contribution in [-0.4, -0.2) is 17.9 Å². The molecule has 1 aromatic rings. The first-order valence-electron chi connectivity index (χ1n) is 6.66. The van der Waals surface area contributed by atoms with E-state index in [9.17, 15) is 9.59 Å². The summed E-state index contributed by atoms with van der Waals surface area (Å²) in [6.07, 6.45) is 1.12. The van der Waals surface area contributed by atoms with E-state index in [4.69, 9.17) is 11.5 Å². The zero-order valence-corrected chi connectivity index (χ0v) is 11.7. The Hall–Kier alpha value is -2.24. The van der Waals surface area contributed by atoms with Gasteiger partial charge in [0, 0.05) is 12.1 Å². The highest BCUT2D eigenvalue weighted by Crippen LogP contribution is 2.31. The molecule has 6 N–H and O–H groups in total. The summed E-state index contributed by atoms with van der Waals surface area (Å²) >= 11 is 0. The second kappa shape index (κ2) is 5.40. The SMILES string of the molecule is CC(C)C(Nc1cc2c(cc1N)NC(=O)CC2)C(N)=O. The molecule has 2 rings (SSSR count). The first-order valence-corrected chi connectivity index (χ1v) is 6.66. The first-order chi connectivity index (χ1) is 9.38. The summed E-state index contributed by atoms with van der Waals surface area (Å²) in [5.74, 6) is -0.358. The van der Waals surface area contributed by atoms with Crippen molar-refractivity contribution < 1.29 is 9.59 Å². The summed E-state index contributed by atoms with van der Waals surface area (Å²) in [5, 5.41) is 5.88. The molecule has 1 aromatic carbocycles. The molecule has 2 amide bonds. The van der Waals surface area contributed by atoms with Gasteiger partial charge in [0.05, 0.1) is 11.4 Å². The normalized spacial score (nSPS) is 15.4. The summed E-state index contributed by atoms with van der Waals surface area (Å²) < 4.78 is 0. The van der Waals surface area contributed by atoms with Crippen molar-refractivity contribution in [1.82, 2.24) is 0 Å². The molecule has 0 saturated carbocycles. The number of amides is 2. The Balaban J connectivity index is 2.29. The zero-order valence-electron chi connectivity index (χ0n) is 11.7. The standard InChI is InChI=1S/C14H20N4O2/c1-7(2)13(14(16)20)18-11-5-8-3-4-12(19)17-10(8)6-9(11)15/h5-7,13,18H,3-4,15H2,1-2H3,(H2,16,20)(H,17,19). The second-order valence-electron chi connectivity index (χ2n) is 5.41. The van der Waals surface area contributed by atoms with Crippen molar-refractivity contribution >= 4 is 28.9 Å². The van der Waals surface area contributed by atoms with E-state index >= 15 is 0 Å². The van der Waals surface area contributed by atoms with E-state index in [1.807, 2.05) is 19.9 Å². The molecule has 1 unspecified atom stereocenters. The molecule has 1 aliphatic rings. The maximum Gasteiger partial charge on any atom is 0.240 e. The fraction of sp³-hybridized carbons (Fsp3) is 0.429. The Kier molecular flexibility index (Phi) is 3.83. The number of hydrogen-bond acceptors (Lipinski definition) is 4. The van der Waals surface area contributed by atoms with Crippen LogP contribution in [0.15, 0.2) is 12.1 Å². The monoisotopic (exact) mass is 276 g/mol. The van der Waals surface area contributed by atoms with Gasteiger partial charge in [0.2, 0.25) is 11.8 Å². The predicted molar refractivity (Wildman–Crippen MR) is 79.2 cm³/mol. The Labute approximate surface area is 117 Å². The van der Waals surface area contributed by atoms with Crippen LogP contribution in [0.5, 0.6) is 0 Å². The summed E-state index contributed by atoms with van der Waals surface area (Å²) in [6.45, 7) is 3.83. The second-order valence-corrected chi connectivity index (χ2v) is 5.41. The Morgan fingerprint density at radius 1 is 1.35 bits per heavy atom. The van der Waals surface area contributed by atoms with E-state index in [0.717, 1.165) is 11.3 Å². The maximum atomic E-state index is 11.5. The Morgan fingerprint density at radius 2 is 2.05 bits per heavy atom. The maximum absolute atomic E-state index is 11.5. The fourth-order valence-corrected chi connectivity index (χ4v) is 2.30. The minimum absolute atomic E-state index is 0.00481. The minimum Gasteiger partial charge on any atom is -0.397 e. The van der Waals surface area contributed by atoms with Crippen LogP contribution in [0.1, 0.15) is 25.8 Å². The Bertz CT molecular complexity index is 554. The van der Waals surface area contributed by atoms with Gasteiger partial charge in [-0.15, -0.1) is 0 Å². The third-order valence-corrected chi connectivity index (χ3v) is 3.46. The number of anilines is 3. The number of primary amides is 1. The molecule has 0 spiro atoms. The summed E-state index contributed by atoms with van der Waals surface area (Å²) in [7, 11) is 0. The molecular formula is C14H20N4O2. The van der Waals surface area contributed by atoms with Crippen LogP contribution in [0.3, 0.4) is 0 Å². The number of carbonyl (C=O) groups excluding carboxylic acids is 2. The van der Waals surface area contributed by atoms with Crippen LogP contribution in [-0.2, 0) is 16.0 Å². The lowest BCUT2D eigenvalue weighted by Gasteiger charge is -2.24. The number of nitrogens with two attached hydrogens (primary N) is 2. The number of aryl methyl sites for hydroxylation is 1. The number of benzene rings is 1. The molecule has 1 aliphatic heterocycles. The van der Waals surface area contributed by atoms with Crippen molar-refractivity contribution in [2.45, 2.75) is 32.7 Å². The largest absolute Gasteiger partial charge is 0.397 e. The molecule has 1 atom stereocenters. The lowest BCUT2D eigenvalue weighted by molar-refractivity contribution is -0.119. The van der Waals surface area contributed by atoms with Gasteiger partial charge in [-0.3, -0.25) is 9.59 Å². The molecule has 0 fully saturated rings. The van der Waals surface area contributed by atoms with Crippen LogP contribution in [0.2, 0.25) is 0 Å². The van der Waals surface area contributed by atoms with E-state index in [0.29, 0.717) is 24.2 Å². The van der Waals surface area contributed by atoms with Crippen molar-refractivity contribution in [1.29, 1.82) is 0 Å². The van der Waals surface area contributed by atoms with Gasteiger partial charge in [0.15, 0.2) is 0 Å². The third kappa shape index (κ3) is 2.84. The van der Waals surface area contributed by atoms with E-state index < -0.39 is 11.9 Å². The molecule has 1 heterocycles. The highest BCUT2D eigenvalue weighted by molar-refractivity contribution is 5.96. The van der Waals surface area contributed by atoms with Crippen LogP contribution in [0.4, 0.5) is 17.1 Å². The highest BCUT2D eigenvalue weighted by atomic mass is 16.2. The molecule has 0 radical (unpaired) electrons. The van der Waals surface area contributed by atoms with Crippen molar-refractivity contribution in [3.05, 3.63) is 17.7 Å². The van der Waals surface area contributed by atoms with Crippen molar-refractivity contribution in [3.8, 4) is 0 Å². The van der Waals surface area contributed by atoms with E-state index in [2.05, 4.69) is 10.6 Å². The van der Waals surface area contributed by atoms with E-state index in [1.54, 1.807) is 6.07 Å². The van der Waals surface area contributed by atoms with Gasteiger partial charge in [-0.05, 0) is 30.0 Å². The van der Waals surface area contributed by atoms with Crippen LogP contribution >= 0.6 is 0 Å². The van der Waals surface area contributed by atoms with Crippen LogP contribution < -0.4 is 22.1 Å². The van der Waals surface area contributed by atoms with E-state index in [-0.39, 0.29) is 11.8 Å². The molecule has 108 valence electrons. The fourth-order valence-electron chi connectivity index (χ4n) is 2.30. The number of hydrogen-bond donors (Lipinski definition) is 4. The quantitative estimate of drug-likeness (QED) is 0.616. The molecule has 6 heteroatoms. The molecule has 20 heavy (non-hydrogen) atoms. The predicted octanol–water partition coefficient (Wildman–Crippen LogP) is 1.08. The molecular weight excluding hydrogens is 256 g/mol. The van der Waals surface area contributed by atoms with Crippen molar-refractivity contribution in [3.63, 3.8) is 0 Å². The number of nitrogens with one attached hydrogen (secondary N) is 2. The average molecular weight is 276 g/mol. The average Bonchev–Trinajstić information content (AvgIpc) is 2.35. The van der Waals surface area contributed by atoms with Gasteiger partial charge in [0.25, 0.3) is 0 Å². The van der Waals surface area contributed by atoms with Gasteiger partial charge in [0.1, 0.15) is 6.04 Å². The van der Waals surface area contributed by atoms with Gasteiger partial charge in [-0.1, -0.05) is 13.8 Å². The highest BCUT2D eigenvalue weighted by Gasteiger charge is 2.22. The van der Waals surface area contributed by atoms with Gasteiger partial charge in [-0.2, -0.15) is 0 Å². The number of rotatable bonds is 4. The van der Waals surface area contributed by atoms with Gasteiger partial charge >= 0.3 is 0 Å². The molecule has 0 aliphatic carbocycles. The van der Waals surface area contributed by atoms with E-state index in [1.165, 1.54) is 0 Å². The Morgan fingerprint density at radius 3 is 2.65 bits per heavy atom. The van der Waals surface area contributed by atoms with Crippen molar-refractivity contribution in [2.75, 3.05) is 16.4 Å². The molecule has 6 nitrogen and oxygen atoms in total. The molecule has 0 aromatic heterocycles. The number of nitrogen functional groups attached to an aromatic ring is 1. The first kappa shape index (κ1) is 14.2.